The van der Waals surface area contributed by atoms with E-state index in [-0.39, 0.29) is 25.1 Å². The third kappa shape index (κ3) is 6.28. The van der Waals surface area contributed by atoms with Gasteiger partial charge in [-0.25, -0.2) is 9.98 Å². The second-order valence-corrected chi connectivity index (χ2v) is 6.29. The zero-order chi connectivity index (χ0) is 20.6. The Labute approximate surface area is 162 Å². The van der Waals surface area contributed by atoms with Crippen LogP contribution in [0.15, 0.2) is 23.3 Å². The largest absolute Gasteiger partial charge is 0.475 e. The molecule has 1 aromatic heterocycles. The van der Waals surface area contributed by atoms with E-state index in [0.29, 0.717) is 32.0 Å². The van der Waals surface area contributed by atoms with Gasteiger partial charge in [-0.15, -0.1) is 0 Å². The molecule has 1 saturated heterocycles. The number of amides is 1. The van der Waals surface area contributed by atoms with Crippen LogP contribution >= 0.6 is 0 Å². The normalized spacial score (nSPS) is 17.5. The number of rotatable bonds is 7. The lowest BCUT2D eigenvalue weighted by Crippen LogP contribution is -2.45. The predicted molar refractivity (Wildman–Crippen MR) is 99.1 cm³/mol. The highest BCUT2D eigenvalue weighted by Gasteiger charge is 2.35. The van der Waals surface area contributed by atoms with Crippen molar-refractivity contribution in [3.63, 3.8) is 0 Å². The summed E-state index contributed by atoms with van der Waals surface area (Å²) < 4.78 is 44.0. The minimum atomic E-state index is -4.52. The van der Waals surface area contributed by atoms with Crippen molar-refractivity contribution in [2.75, 3.05) is 32.8 Å². The maximum absolute atomic E-state index is 12.9. The Morgan fingerprint density at radius 1 is 1.43 bits per heavy atom. The summed E-state index contributed by atoms with van der Waals surface area (Å²) in [5.41, 5.74) is -0.907. The highest BCUT2D eigenvalue weighted by molar-refractivity contribution is 5.80. The van der Waals surface area contributed by atoms with Crippen molar-refractivity contribution < 1.29 is 22.7 Å². The fourth-order valence-electron chi connectivity index (χ4n) is 2.86. The molecule has 0 radical (unpaired) electrons. The molecule has 156 valence electrons. The van der Waals surface area contributed by atoms with Gasteiger partial charge in [0, 0.05) is 38.3 Å². The molecule has 2 rings (SSSR count). The predicted octanol–water partition coefficient (Wildman–Crippen LogP) is 2.05. The quantitative estimate of drug-likeness (QED) is 0.415. The average molecular weight is 401 g/mol. The highest BCUT2D eigenvalue weighted by Crippen LogP contribution is 2.34. The van der Waals surface area contributed by atoms with Gasteiger partial charge in [-0.1, -0.05) is 6.92 Å². The molecule has 2 heterocycles. The van der Waals surface area contributed by atoms with Crippen molar-refractivity contribution >= 4 is 11.9 Å². The zero-order valence-electron chi connectivity index (χ0n) is 16.1. The van der Waals surface area contributed by atoms with Crippen LogP contribution in [-0.2, 0) is 11.0 Å². The number of guanidine groups is 1. The van der Waals surface area contributed by atoms with Crippen LogP contribution in [0.4, 0.5) is 13.2 Å². The van der Waals surface area contributed by atoms with Crippen molar-refractivity contribution in [1.29, 1.82) is 0 Å². The van der Waals surface area contributed by atoms with Crippen molar-refractivity contribution in [2.24, 2.45) is 4.99 Å². The Kier molecular flexibility index (Phi) is 7.89. The lowest BCUT2D eigenvalue weighted by atomic mass is 10.2. The first kappa shape index (κ1) is 21.8. The first-order chi connectivity index (χ1) is 13.3. The van der Waals surface area contributed by atoms with Gasteiger partial charge in [0.15, 0.2) is 5.96 Å². The maximum atomic E-state index is 12.9. The average Bonchev–Trinajstić information content (AvgIpc) is 3.12. The highest BCUT2D eigenvalue weighted by atomic mass is 19.4. The van der Waals surface area contributed by atoms with Gasteiger partial charge >= 0.3 is 6.18 Å². The summed E-state index contributed by atoms with van der Waals surface area (Å²) in [5.74, 6) is 0.210. The van der Waals surface area contributed by atoms with Gasteiger partial charge in [-0.3, -0.25) is 4.79 Å². The number of aliphatic imine (C=N–C) groups is 1. The molecule has 1 aliphatic heterocycles. The Morgan fingerprint density at radius 2 is 2.21 bits per heavy atom. The number of nitrogens with one attached hydrogen (secondary N) is 2. The number of hydrogen-bond acceptors (Lipinski definition) is 4. The standard InChI is InChI=1S/C18H26F3N5O2/c1-3-15(27)26-10-7-13(12-26)25-17(22-4-2)24-9-11-28-16-14(18(19,20)21)6-5-8-23-16/h5-6,8,13H,3-4,7,9-12H2,1-2H3,(H2,22,24,25). The first-order valence-electron chi connectivity index (χ1n) is 9.32. The fraction of sp³-hybridized carbons (Fsp3) is 0.611. The van der Waals surface area contributed by atoms with Crippen LogP contribution in [-0.4, -0.2) is 60.6 Å². The van der Waals surface area contributed by atoms with Crippen LogP contribution in [0.2, 0.25) is 0 Å². The van der Waals surface area contributed by atoms with E-state index in [1.54, 1.807) is 0 Å². The SMILES string of the molecule is CCNC(=NCCOc1ncccc1C(F)(F)F)NC1CCN(C(=O)CC)C1. The molecule has 0 saturated carbocycles. The molecule has 1 fully saturated rings. The summed E-state index contributed by atoms with van der Waals surface area (Å²) in [7, 11) is 0. The van der Waals surface area contributed by atoms with Crippen LogP contribution in [0.3, 0.4) is 0 Å². The smallest absolute Gasteiger partial charge is 0.421 e. The zero-order valence-corrected chi connectivity index (χ0v) is 16.1. The first-order valence-corrected chi connectivity index (χ1v) is 9.32. The number of ether oxygens (including phenoxy) is 1. The van der Waals surface area contributed by atoms with E-state index in [0.717, 1.165) is 12.5 Å². The number of alkyl halides is 3. The molecule has 1 atom stereocenters. The van der Waals surface area contributed by atoms with Crippen LogP contribution in [0.5, 0.6) is 5.88 Å². The van der Waals surface area contributed by atoms with Crippen LogP contribution < -0.4 is 15.4 Å². The van der Waals surface area contributed by atoms with E-state index in [4.69, 9.17) is 4.74 Å². The number of halogens is 3. The molecule has 1 aliphatic rings. The van der Waals surface area contributed by atoms with Gasteiger partial charge in [0.05, 0.1) is 6.54 Å². The van der Waals surface area contributed by atoms with E-state index in [1.165, 1.54) is 12.3 Å². The second-order valence-electron chi connectivity index (χ2n) is 6.29. The van der Waals surface area contributed by atoms with Crippen LogP contribution in [0.1, 0.15) is 32.3 Å². The summed E-state index contributed by atoms with van der Waals surface area (Å²) in [6.07, 6.45) is -1.97. The Morgan fingerprint density at radius 3 is 2.89 bits per heavy atom. The molecule has 0 spiro atoms. The Bertz CT molecular complexity index is 681. The monoisotopic (exact) mass is 401 g/mol. The molecule has 1 aromatic rings. The van der Waals surface area contributed by atoms with Gasteiger partial charge in [0.2, 0.25) is 11.8 Å². The molecule has 10 heteroatoms. The number of carbonyl (C=O) groups excluding carboxylic acids is 1. The van der Waals surface area contributed by atoms with Crippen molar-refractivity contribution in [1.82, 2.24) is 20.5 Å². The number of likely N-dealkylation sites (tertiary alicyclic amines) is 1. The summed E-state index contributed by atoms with van der Waals surface area (Å²) in [6.45, 7) is 5.81. The molecule has 28 heavy (non-hydrogen) atoms. The number of nitrogens with zero attached hydrogens (tertiary/aromatic N) is 3. The molecule has 2 N–H and O–H groups in total. The molecule has 1 amide bonds. The number of hydrogen-bond donors (Lipinski definition) is 2. The van der Waals surface area contributed by atoms with Gasteiger partial charge < -0.3 is 20.3 Å². The molecule has 0 aliphatic carbocycles. The van der Waals surface area contributed by atoms with Crippen LogP contribution in [0.25, 0.3) is 0 Å². The molecule has 1 unspecified atom stereocenters. The molecule has 0 aromatic carbocycles. The van der Waals surface area contributed by atoms with Crippen LogP contribution in [0, 0.1) is 0 Å². The van der Waals surface area contributed by atoms with Crippen molar-refractivity contribution in [3.8, 4) is 5.88 Å². The third-order valence-electron chi connectivity index (χ3n) is 4.21. The molecular weight excluding hydrogens is 375 g/mol. The third-order valence-corrected chi connectivity index (χ3v) is 4.21. The lowest BCUT2D eigenvalue weighted by Gasteiger charge is -2.18. The summed E-state index contributed by atoms with van der Waals surface area (Å²) >= 11 is 0. The minimum Gasteiger partial charge on any atom is -0.475 e. The molecule has 0 bridgehead atoms. The van der Waals surface area contributed by atoms with Crippen molar-refractivity contribution in [2.45, 2.75) is 38.9 Å². The molecular formula is C18H26F3N5O2. The fourth-order valence-corrected chi connectivity index (χ4v) is 2.86. The van der Waals surface area contributed by atoms with E-state index in [1.807, 2.05) is 18.7 Å². The van der Waals surface area contributed by atoms with E-state index in [9.17, 15) is 18.0 Å². The summed E-state index contributed by atoms with van der Waals surface area (Å²) in [6, 6.07) is 2.23. The summed E-state index contributed by atoms with van der Waals surface area (Å²) in [4.78, 5) is 21.6. The lowest BCUT2D eigenvalue weighted by molar-refractivity contribution is -0.139. The summed E-state index contributed by atoms with van der Waals surface area (Å²) in [5, 5.41) is 6.34. The minimum absolute atomic E-state index is 0.0399. The van der Waals surface area contributed by atoms with Gasteiger partial charge in [0.1, 0.15) is 12.2 Å². The van der Waals surface area contributed by atoms with E-state index < -0.39 is 17.6 Å². The van der Waals surface area contributed by atoms with E-state index >= 15 is 0 Å². The van der Waals surface area contributed by atoms with Gasteiger partial charge in [0.25, 0.3) is 0 Å². The Hall–Kier alpha value is -2.52. The van der Waals surface area contributed by atoms with Gasteiger partial charge in [-0.05, 0) is 25.5 Å². The second kappa shape index (κ2) is 10.1. The number of aromatic nitrogens is 1. The maximum Gasteiger partial charge on any atom is 0.421 e. The van der Waals surface area contributed by atoms with Gasteiger partial charge in [-0.2, -0.15) is 13.2 Å². The number of pyridine rings is 1. The Balaban J connectivity index is 1.88. The van der Waals surface area contributed by atoms with Crippen molar-refractivity contribution in [3.05, 3.63) is 23.9 Å². The molecule has 7 nitrogen and oxygen atoms in total. The topological polar surface area (TPSA) is 78.9 Å². The van der Waals surface area contributed by atoms with E-state index in [2.05, 4.69) is 20.6 Å². The number of carbonyl (C=O) groups is 1.